The van der Waals surface area contributed by atoms with E-state index in [4.69, 9.17) is 5.73 Å². The van der Waals surface area contributed by atoms with Gasteiger partial charge in [0.1, 0.15) is 0 Å². The molecule has 0 saturated carbocycles. The minimum absolute atomic E-state index is 0.215. The third kappa shape index (κ3) is 6.82. The number of thioether (sulfide) groups is 1. The predicted octanol–water partition coefficient (Wildman–Crippen LogP) is 0.395. The smallest absolute Gasteiger partial charge is 0.232 e. The first-order valence-corrected chi connectivity index (χ1v) is 8.00. The lowest BCUT2D eigenvalue weighted by atomic mass is 10.2. The van der Waals surface area contributed by atoms with Crippen molar-refractivity contribution >= 4 is 23.6 Å². The van der Waals surface area contributed by atoms with Crippen LogP contribution < -0.4 is 5.73 Å². The Morgan fingerprint density at radius 3 is 2.37 bits per heavy atom. The molecule has 0 aromatic rings. The molecule has 0 bridgehead atoms. The highest BCUT2D eigenvalue weighted by Crippen LogP contribution is 2.10. The highest BCUT2D eigenvalue weighted by Gasteiger charge is 2.21. The Balaban J connectivity index is 2.16. The molecule has 0 spiro atoms. The predicted molar refractivity (Wildman–Crippen MR) is 79.0 cm³/mol. The molecule has 6 heteroatoms. The molecule has 1 fully saturated rings. The molecule has 2 amide bonds. The fourth-order valence-electron chi connectivity index (χ4n) is 1.95. The fourth-order valence-corrected chi connectivity index (χ4v) is 3.09. The summed E-state index contributed by atoms with van der Waals surface area (Å²) < 4.78 is 0. The summed E-state index contributed by atoms with van der Waals surface area (Å²) in [5.41, 5.74) is 5.16. The molecule has 1 saturated heterocycles. The van der Waals surface area contributed by atoms with Crippen LogP contribution in [0.4, 0.5) is 0 Å². The summed E-state index contributed by atoms with van der Waals surface area (Å²) in [5, 5.41) is 0. The summed E-state index contributed by atoms with van der Waals surface area (Å²) >= 11 is 1.72. The van der Waals surface area contributed by atoms with E-state index >= 15 is 0 Å². The van der Waals surface area contributed by atoms with Crippen LogP contribution in [0.1, 0.15) is 20.3 Å². The van der Waals surface area contributed by atoms with E-state index in [-0.39, 0.29) is 11.8 Å². The number of rotatable bonds is 7. The Morgan fingerprint density at radius 1 is 1.21 bits per heavy atom. The first-order chi connectivity index (χ1) is 8.99. The van der Waals surface area contributed by atoms with Gasteiger partial charge in [0.15, 0.2) is 0 Å². The lowest BCUT2D eigenvalue weighted by Crippen LogP contribution is -2.51. The fraction of sp³-hybridized carbons (Fsp3) is 0.846. The molecule has 0 aromatic carbocycles. The average molecular weight is 287 g/mol. The Morgan fingerprint density at radius 2 is 1.84 bits per heavy atom. The number of nitrogens with zero attached hydrogens (tertiary/aromatic N) is 2. The van der Waals surface area contributed by atoms with Crippen LogP contribution >= 0.6 is 11.8 Å². The lowest BCUT2D eigenvalue weighted by Gasteiger charge is -2.34. The van der Waals surface area contributed by atoms with Crippen molar-refractivity contribution in [2.75, 3.05) is 44.2 Å². The minimum Gasteiger partial charge on any atom is -0.369 e. The van der Waals surface area contributed by atoms with E-state index in [1.165, 1.54) is 0 Å². The van der Waals surface area contributed by atoms with E-state index in [0.717, 1.165) is 25.3 Å². The van der Waals surface area contributed by atoms with Crippen LogP contribution in [0.15, 0.2) is 0 Å². The standard InChI is InChI=1S/C13H25N3O2S/c1-11(2)3-8-19-10-13(18)16-6-4-15(5-7-16)9-12(14)17/h11H,3-10H2,1-2H3,(H2,14,17). The molecule has 0 atom stereocenters. The average Bonchev–Trinajstić information content (AvgIpc) is 2.34. The summed E-state index contributed by atoms with van der Waals surface area (Å²) in [5.74, 6) is 2.23. The maximum atomic E-state index is 12.0. The molecule has 2 N–H and O–H groups in total. The quantitative estimate of drug-likeness (QED) is 0.688. The van der Waals surface area contributed by atoms with Crippen LogP contribution in [0.25, 0.3) is 0 Å². The zero-order valence-electron chi connectivity index (χ0n) is 11.9. The van der Waals surface area contributed by atoms with Crippen LogP contribution in [0.3, 0.4) is 0 Å². The molecule has 1 rings (SSSR count). The SMILES string of the molecule is CC(C)CCSCC(=O)N1CCN(CC(N)=O)CC1. The second-order valence-corrected chi connectivity index (χ2v) is 6.46. The van der Waals surface area contributed by atoms with Gasteiger partial charge in [-0.05, 0) is 18.1 Å². The maximum absolute atomic E-state index is 12.0. The van der Waals surface area contributed by atoms with Gasteiger partial charge in [-0.25, -0.2) is 0 Å². The van der Waals surface area contributed by atoms with Crippen molar-refractivity contribution in [3.8, 4) is 0 Å². The van der Waals surface area contributed by atoms with E-state index in [2.05, 4.69) is 13.8 Å². The Hall–Kier alpha value is -0.750. The minimum atomic E-state index is -0.302. The van der Waals surface area contributed by atoms with Crippen molar-refractivity contribution < 1.29 is 9.59 Å². The Bertz CT molecular complexity index is 302. The number of primary amides is 1. The third-order valence-corrected chi connectivity index (χ3v) is 4.14. The van der Waals surface area contributed by atoms with Crippen molar-refractivity contribution in [2.45, 2.75) is 20.3 Å². The molecular formula is C13H25N3O2S. The first-order valence-electron chi connectivity index (χ1n) is 6.85. The number of hydrogen-bond acceptors (Lipinski definition) is 4. The monoisotopic (exact) mass is 287 g/mol. The number of nitrogens with two attached hydrogens (primary N) is 1. The van der Waals surface area contributed by atoms with Crippen molar-refractivity contribution in [3.63, 3.8) is 0 Å². The number of carbonyl (C=O) groups is 2. The normalized spacial score (nSPS) is 16.9. The van der Waals surface area contributed by atoms with Crippen molar-refractivity contribution in [3.05, 3.63) is 0 Å². The van der Waals surface area contributed by atoms with E-state index in [0.29, 0.717) is 31.3 Å². The highest BCUT2D eigenvalue weighted by molar-refractivity contribution is 7.99. The van der Waals surface area contributed by atoms with Gasteiger partial charge in [0.25, 0.3) is 0 Å². The van der Waals surface area contributed by atoms with Crippen LogP contribution in [0, 0.1) is 5.92 Å². The van der Waals surface area contributed by atoms with Crippen LogP contribution in [0.5, 0.6) is 0 Å². The molecule has 1 aliphatic heterocycles. The lowest BCUT2D eigenvalue weighted by molar-refractivity contribution is -0.130. The molecule has 0 radical (unpaired) electrons. The first kappa shape index (κ1) is 16.3. The van der Waals surface area contributed by atoms with Gasteiger partial charge in [-0.3, -0.25) is 14.5 Å². The summed E-state index contributed by atoms with van der Waals surface area (Å²) in [7, 11) is 0. The zero-order chi connectivity index (χ0) is 14.3. The molecule has 1 heterocycles. The van der Waals surface area contributed by atoms with Gasteiger partial charge < -0.3 is 10.6 Å². The van der Waals surface area contributed by atoms with E-state index < -0.39 is 0 Å². The number of carbonyl (C=O) groups excluding carboxylic acids is 2. The molecule has 1 aliphatic rings. The Kier molecular flexibility index (Phi) is 7.23. The van der Waals surface area contributed by atoms with Gasteiger partial charge in [0, 0.05) is 26.2 Å². The molecule has 0 unspecified atom stereocenters. The highest BCUT2D eigenvalue weighted by atomic mass is 32.2. The van der Waals surface area contributed by atoms with Crippen molar-refractivity contribution in [1.82, 2.24) is 9.80 Å². The summed E-state index contributed by atoms with van der Waals surface area (Å²) in [6.07, 6.45) is 1.16. The molecular weight excluding hydrogens is 262 g/mol. The van der Waals surface area contributed by atoms with E-state index in [1.54, 1.807) is 11.8 Å². The molecule has 0 aliphatic carbocycles. The van der Waals surface area contributed by atoms with E-state index in [1.807, 2.05) is 9.80 Å². The number of hydrogen-bond donors (Lipinski definition) is 1. The van der Waals surface area contributed by atoms with Crippen LogP contribution in [-0.2, 0) is 9.59 Å². The van der Waals surface area contributed by atoms with Crippen LogP contribution in [0.2, 0.25) is 0 Å². The third-order valence-electron chi connectivity index (χ3n) is 3.17. The number of piperazine rings is 1. The Labute approximate surface area is 119 Å². The maximum Gasteiger partial charge on any atom is 0.232 e. The second-order valence-electron chi connectivity index (χ2n) is 5.36. The van der Waals surface area contributed by atoms with Crippen molar-refractivity contribution in [1.29, 1.82) is 0 Å². The summed E-state index contributed by atoms with van der Waals surface area (Å²) in [6, 6.07) is 0. The second kappa shape index (κ2) is 8.43. The van der Waals surface area contributed by atoms with Gasteiger partial charge in [0.05, 0.1) is 12.3 Å². The van der Waals surface area contributed by atoms with Gasteiger partial charge in [-0.2, -0.15) is 11.8 Å². The van der Waals surface area contributed by atoms with Gasteiger partial charge in [-0.15, -0.1) is 0 Å². The molecule has 19 heavy (non-hydrogen) atoms. The summed E-state index contributed by atoms with van der Waals surface area (Å²) in [6.45, 7) is 7.58. The largest absolute Gasteiger partial charge is 0.369 e. The summed E-state index contributed by atoms with van der Waals surface area (Å²) in [4.78, 5) is 26.7. The topological polar surface area (TPSA) is 66.6 Å². The zero-order valence-corrected chi connectivity index (χ0v) is 12.7. The molecule has 0 aromatic heterocycles. The van der Waals surface area contributed by atoms with Gasteiger partial charge >= 0.3 is 0 Å². The molecule has 110 valence electrons. The van der Waals surface area contributed by atoms with Gasteiger partial charge in [-0.1, -0.05) is 13.8 Å². The molecule has 5 nitrogen and oxygen atoms in total. The van der Waals surface area contributed by atoms with Crippen LogP contribution in [-0.4, -0.2) is 65.8 Å². The van der Waals surface area contributed by atoms with Crippen molar-refractivity contribution in [2.24, 2.45) is 11.7 Å². The van der Waals surface area contributed by atoms with Gasteiger partial charge in [0.2, 0.25) is 11.8 Å². The number of amides is 2. The van der Waals surface area contributed by atoms with E-state index in [9.17, 15) is 9.59 Å².